The molecule has 1 aromatic rings. The van der Waals surface area contributed by atoms with Gasteiger partial charge in [0.2, 0.25) is 0 Å². The molecule has 0 spiro atoms. The Morgan fingerprint density at radius 1 is 1.33 bits per heavy atom. The Morgan fingerprint density at radius 2 is 2.00 bits per heavy atom. The number of aliphatic hydroxyl groups excluding tert-OH is 1. The Bertz CT molecular complexity index is 468. The average molecular weight is 272 g/mol. The van der Waals surface area contributed by atoms with Crippen LogP contribution in [0.5, 0.6) is 0 Å². The van der Waals surface area contributed by atoms with Crippen LogP contribution in [0.1, 0.15) is 18.9 Å². The molecule has 0 saturated heterocycles. The Kier molecular flexibility index (Phi) is 5.78. The van der Waals surface area contributed by atoms with Gasteiger partial charge in [0.1, 0.15) is 0 Å². The number of rotatable bonds is 7. The van der Waals surface area contributed by atoms with Gasteiger partial charge in [0.25, 0.3) is 0 Å². The first-order valence-corrected chi connectivity index (χ1v) is 7.64. The van der Waals surface area contributed by atoms with E-state index in [-0.39, 0.29) is 18.8 Å². The summed E-state index contributed by atoms with van der Waals surface area (Å²) in [5, 5.41) is 9.70. The molecular weight excluding hydrogens is 252 g/mol. The van der Waals surface area contributed by atoms with Gasteiger partial charge in [-0.3, -0.25) is 0 Å². The Hall–Kier alpha value is -0.910. The zero-order valence-corrected chi connectivity index (χ0v) is 11.6. The van der Waals surface area contributed by atoms with E-state index in [4.69, 9.17) is 4.74 Å². The van der Waals surface area contributed by atoms with Crippen molar-refractivity contribution < 1.29 is 18.3 Å². The molecule has 0 heterocycles. The highest BCUT2D eigenvalue weighted by Crippen LogP contribution is 2.19. The highest BCUT2D eigenvalue weighted by molar-refractivity contribution is 7.91. The minimum atomic E-state index is -3.25. The monoisotopic (exact) mass is 272 g/mol. The quantitative estimate of drug-likeness (QED) is 0.815. The zero-order valence-electron chi connectivity index (χ0n) is 10.8. The molecule has 1 rings (SSSR count). The summed E-state index contributed by atoms with van der Waals surface area (Å²) < 4.78 is 29.0. The molecule has 1 atom stereocenters. The Balaban J connectivity index is 3.00. The number of ether oxygens (including phenoxy) is 1. The van der Waals surface area contributed by atoms with E-state index >= 15 is 0 Å². The van der Waals surface area contributed by atoms with E-state index in [1.54, 1.807) is 24.3 Å². The lowest BCUT2D eigenvalue weighted by Crippen LogP contribution is -2.19. The summed E-state index contributed by atoms with van der Waals surface area (Å²) in [4.78, 5) is 0.321. The molecule has 0 fully saturated rings. The van der Waals surface area contributed by atoms with E-state index in [0.717, 1.165) is 0 Å². The van der Waals surface area contributed by atoms with Crippen LogP contribution in [0.4, 0.5) is 0 Å². The molecule has 0 amide bonds. The molecule has 1 aromatic carbocycles. The van der Waals surface area contributed by atoms with Crippen LogP contribution in [0.15, 0.2) is 29.2 Å². The van der Waals surface area contributed by atoms with E-state index in [2.05, 4.69) is 0 Å². The normalized spacial score (nSPS) is 13.5. The van der Waals surface area contributed by atoms with Gasteiger partial charge in [-0.25, -0.2) is 8.42 Å². The molecule has 0 aliphatic carbocycles. The van der Waals surface area contributed by atoms with Crippen LogP contribution in [0.2, 0.25) is 0 Å². The highest BCUT2D eigenvalue weighted by Gasteiger charge is 2.18. The van der Waals surface area contributed by atoms with Crippen molar-refractivity contribution in [1.82, 2.24) is 0 Å². The summed E-state index contributed by atoms with van der Waals surface area (Å²) >= 11 is 0. The first-order chi connectivity index (χ1) is 8.51. The highest BCUT2D eigenvalue weighted by atomic mass is 32.2. The van der Waals surface area contributed by atoms with Gasteiger partial charge in [-0.1, -0.05) is 25.1 Å². The molecule has 0 aliphatic rings. The number of hydrogen-bond donors (Lipinski definition) is 1. The van der Waals surface area contributed by atoms with Crippen molar-refractivity contribution >= 4 is 9.84 Å². The predicted molar refractivity (Wildman–Crippen MR) is 70.4 cm³/mol. The largest absolute Gasteiger partial charge is 0.390 e. The zero-order chi connectivity index (χ0) is 13.6. The lowest BCUT2D eigenvalue weighted by Gasteiger charge is -2.13. The van der Waals surface area contributed by atoms with E-state index in [9.17, 15) is 13.5 Å². The van der Waals surface area contributed by atoms with Gasteiger partial charge in [0, 0.05) is 13.5 Å². The molecule has 18 heavy (non-hydrogen) atoms. The molecule has 5 heteroatoms. The lowest BCUT2D eigenvalue weighted by molar-refractivity contribution is 0.0646. The molecule has 0 radical (unpaired) electrons. The smallest absolute Gasteiger partial charge is 0.178 e. The number of aliphatic hydroxyl groups is 1. The van der Waals surface area contributed by atoms with Crippen LogP contribution in [0, 0.1) is 0 Å². The van der Waals surface area contributed by atoms with Gasteiger partial charge in [0.05, 0.1) is 23.4 Å². The van der Waals surface area contributed by atoms with E-state index in [0.29, 0.717) is 16.9 Å². The number of hydrogen-bond acceptors (Lipinski definition) is 4. The van der Waals surface area contributed by atoms with Crippen LogP contribution < -0.4 is 0 Å². The fourth-order valence-corrected chi connectivity index (χ4v) is 3.45. The summed E-state index contributed by atoms with van der Waals surface area (Å²) in [6, 6.07) is 6.82. The van der Waals surface area contributed by atoms with Crippen molar-refractivity contribution in [3.63, 3.8) is 0 Å². The third kappa shape index (κ3) is 4.08. The number of methoxy groups -OCH3 is 1. The minimum absolute atomic E-state index is 0.129. The van der Waals surface area contributed by atoms with Gasteiger partial charge in [-0.2, -0.15) is 0 Å². The topological polar surface area (TPSA) is 63.6 Å². The number of benzene rings is 1. The second-order valence-electron chi connectivity index (χ2n) is 4.24. The molecule has 0 aromatic heterocycles. The first kappa shape index (κ1) is 15.1. The first-order valence-electron chi connectivity index (χ1n) is 5.99. The fraction of sp³-hybridized carbons (Fsp3) is 0.538. The maximum absolute atomic E-state index is 12.1. The van der Waals surface area contributed by atoms with Gasteiger partial charge in [-0.15, -0.1) is 0 Å². The molecule has 0 aliphatic heterocycles. The van der Waals surface area contributed by atoms with E-state index in [1.807, 2.05) is 6.92 Å². The van der Waals surface area contributed by atoms with E-state index < -0.39 is 15.9 Å². The van der Waals surface area contributed by atoms with Gasteiger partial charge >= 0.3 is 0 Å². The molecule has 4 nitrogen and oxygen atoms in total. The minimum Gasteiger partial charge on any atom is -0.390 e. The maximum atomic E-state index is 12.1. The summed E-state index contributed by atoms with van der Waals surface area (Å²) in [5.41, 5.74) is 0.649. The Labute approximate surface area is 109 Å². The van der Waals surface area contributed by atoms with Gasteiger partial charge < -0.3 is 9.84 Å². The fourth-order valence-electron chi connectivity index (χ4n) is 1.86. The summed E-state index contributed by atoms with van der Waals surface area (Å²) in [7, 11) is -1.75. The van der Waals surface area contributed by atoms with Crippen LogP contribution >= 0.6 is 0 Å². The second-order valence-corrected chi connectivity index (χ2v) is 6.32. The molecule has 0 saturated carbocycles. The molecule has 0 bridgehead atoms. The van der Waals surface area contributed by atoms with Crippen molar-refractivity contribution in [3.8, 4) is 0 Å². The van der Waals surface area contributed by atoms with E-state index in [1.165, 1.54) is 7.11 Å². The lowest BCUT2D eigenvalue weighted by atomic mass is 10.1. The standard InChI is InChI=1S/C13H20O4S/c1-3-8-18(15,16)13-7-5-4-6-11(13)9-12(14)10-17-2/h4-7,12,14H,3,8-10H2,1-2H3. The number of sulfone groups is 1. The van der Waals surface area contributed by atoms with Crippen molar-refractivity contribution in [1.29, 1.82) is 0 Å². The molecule has 102 valence electrons. The van der Waals surface area contributed by atoms with Crippen LogP contribution in [0.3, 0.4) is 0 Å². The predicted octanol–water partition coefficient (Wildman–Crippen LogP) is 1.42. The third-order valence-corrected chi connectivity index (χ3v) is 4.61. The van der Waals surface area contributed by atoms with Gasteiger partial charge in [0.15, 0.2) is 9.84 Å². The summed E-state index contributed by atoms with van der Waals surface area (Å²) in [6.45, 7) is 2.03. The maximum Gasteiger partial charge on any atom is 0.178 e. The molecule has 1 N–H and O–H groups in total. The Morgan fingerprint density at radius 3 is 2.61 bits per heavy atom. The second kappa shape index (κ2) is 6.87. The van der Waals surface area contributed by atoms with Crippen molar-refractivity contribution in [2.45, 2.75) is 30.8 Å². The molecule has 1 unspecified atom stereocenters. The van der Waals surface area contributed by atoms with Crippen LogP contribution in [0.25, 0.3) is 0 Å². The SMILES string of the molecule is CCCS(=O)(=O)c1ccccc1CC(O)COC. The summed E-state index contributed by atoms with van der Waals surface area (Å²) in [5.74, 6) is 0.129. The third-order valence-electron chi connectivity index (χ3n) is 2.60. The van der Waals surface area contributed by atoms with Crippen molar-refractivity contribution in [2.75, 3.05) is 19.5 Å². The average Bonchev–Trinajstić information content (AvgIpc) is 2.29. The van der Waals surface area contributed by atoms with Crippen LogP contribution in [-0.4, -0.2) is 39.1 Å². The summed E-state index contributed by atoms with van der Waals surface area (Å²) in [6.07, 6.45) is 0.178. The van der Waals surface area contributed by atoms with Gasteiger partial charge in [-0.05, 0) is 18.1 Å². The van der Waals surface area contributed by atoms with Crippen molar-refractivity contribution in [3.05, 3.63) is 29.8 Å². The van der Waals surface area contributed by atoms with Crippen molar-refractivity contribution in [2.24, 2.45) is 0 Å². The molecular formula is C13H20O4S. The van der Waals surface area contributed by atoms with Crippen LogP contribution in [-0.2, 0) is 21.0 Å².